The molecule has 156 valence electrons. The van der Waals surface area contributed by atoms with E-state index >= 15 is 0 Å². The first kappa shape index (κ1) is 20.2. The normalized spacial score (nSPS) is 22.8. The van der Waals surface area contributed by atoms with Gasteiger partial charge in [0.2, 0.25) is 5.91 Å². The number of ether oxygens (including phenoxy) is 3. The number of carbonyl (C=O) groups is 1. The van der Waals surface area contributed by atoms with Gasteiger partial charge < -0.3 is 19.1 Å². The van der Waals surface area contributed by atoms with Crippen LogP contribution in [0.4, 0.5) is 4.39 Å². The lowest BCUT2D eigenvalue weighted by molar-refractivity contribution is -0.139. The Kier molecular flexibility index (Phi) is 5.60. The minimum Gasteiger partial charge on any atom is -0.493 e. The van der Waals surface area contributed by atoms with Crippen molar-refractivity contribution in [3.63, 3.8) is 0 Å². The van der Waals surface area contributed by atoms with Crippen LogP contribution in [0.5, 0.6) is 11.5 Å². The molecule has 2 fully saturated rings. The molecule has 0 bridgehead atoms. The van der Waals surface area contributed by atoms with E-state index in [0.717, 1.165) is 11.1 Å². The molecule has 2 aromatic carbocycles. The Morgan fingerprint density at radius 3 is 2.63 bits per heavy atom. The zero-order valence-electron chi connectivity index (χ0n) is 16.8. The van der Waals surface area contributed by atoms with Gasteiger partial charge in [-0.3, -0.25) is 4.79 Å². The molecule has 1 aliphatic heterocycles. The maximum atomic E-state index is 13.0. The van der Waals surface area contributed by atoms with Crippen LogP contribution in [0.2, 0.25) is 0 Å². The molecule has 2 aliphatic rings. The van der Waals surface area contributed by atoms with Crippen LogP contribution in [0.15, 0.2) is 42.5 Å². The van der Waals surface area contributed by atoms with E-state index in [0.29, 0.717) is 44.2 Å². The van der Waals surface area contributed by atoms with Gasteiger partial charge in [-0.05, 0) is 41.8 Å². The Labute approximate surface area is 174 Å². The number of nitrogens with zero attached hydrogens (tertiary/aromatic N) is 2. The van der Waals surface area contributed by atoms with Crippen LogP contribution in [0.3, 0.4) is 0 Å². The number of hydrogen-bond donors (Lipinski definition) is 0. The van der Waals surface area contributed by atoms with E-state index in [-0.39, 0.29) is 24.2 Å². The summed E-state index contributed by atoms with van der Waals surface area (Å²) in [5.41, 5.74) is 0.701. The zero-order valence-corrected chi connectivity index (χ0v) is 16.8. The van der Waals surface area contributed by atoms with Crippen molar-refractivity contribution in [3.8, 4) is 17.6 Å². The van der Waals surface area contributed by atoms with Crippen LogP contribution in [0.25, 0.3) is 0 Å². The highest BCUT2D eigenvalue weighted by molar-refractivity contribution is 5.90. The molecule has 1 saturated carbocycles. The number of halogens is 1. The molecule has 2 aromatic rings. The summed E-state index contributed by atoms with van der Waals surface area (Å²) < 4.78 is 29.7. The van der Waals surface area contributed by atoms with Crippen molar-refractivity contribution in [1.29, 1.82) is 5.26 Å². The first-order chi connectivity index (χ1) is 14.6. The van der Waals surface area contributed by atoms with Crippen LogP contribution < -0.4 is 9.47 Å². The SMILES string of the molecule is COc1cc([C@@H]2C[C@]2(C#N)C(=O)N2CCOCC2)ccc1OCc1ccc(F)cc1. The summed E-state index contributed by atoms with van der Waals surface area (Å²) in [4.78, 5) is 14.7. The highest BCUT2D eigenvalue weighted by Crippen LogP contribution is 2.60. The highest BCUT2D eigenvalue weighted by Gasteiger charge is 2.63. The monoisotopic (exact) mass is 410 g/mol. The Balaban J connectivity index is 1.48. The molecule has 7 heteroatoms. The number of nitriles is 1. The summed E-state index contributed by atoms with van der Waals surface area (Å²) in [5.74, 6) is 0.505. The lowest BCUT2D eigenvalue weighted by Gasteiger charge is -2.29. The van der Waals surface area contributed by atoms with Gasteiger partial charge in [-0.25, -0.2) is 4.39 Å². The molecule has 0 aromatic heterocycles. The Morgan fingerprint density at radius 2 is 1.97 bits per heavy atom. The molecule has 0 unspecified atom stereocenters. The third-order valence-electron chi connectivity index (χ3n) is 5.74. The molecule has 1 heterocycles. The summed E-state index contributed by atoms with van der Waals surface area (Å²) >= 11 is 0. The van der Waals surface area contributed by atoms with Crippen molar-refractivity contribution in [2.45, 2.75) is 18.9 Å². The predicted octanol–water partition coefficient (Wildman–Crippen LogP) is 3.27. The van der Waals surface area contributed by atoms with Gasteiger partial charge in [0, 0.05) is 19.0 Å². The smallest absolute Gasteiger partial charge is 0.243 e. The van der Waals surface area contributed by atoms with E-state index in [1.54, 1.807) is 30.2 Å². The van der Waals surface area contributed by atoms with E-state index < -0.39 is 5.41 Å². The summed E-state index contributed by atoms with van der Waals surface area (Å²) in [7, 11) is 1.55. The van der Waals surface area contributed by atoms with Crippen LogP contribution in [-0.4, -0.2) is 44.2 Å². The number of morpholine rings is 1. The molecule has 4 rings (SSSR count). The fourth-order valence-corrected chi connectivity index (χ4v) is 3.88. The van der Waals surface area contributed by atoms with Crippen molar-refractivity contribution >= 4 is 5.91 Å². The standard InChI is InChI=1S/C23H23FN2O4/c1-28-21-12-17(4-7-20(21)30-14-16-2-5-18(24)6-3-16)19-13-23(19,15-25)22(27)26-8-10-29-11-9-26/h2-7,12,19H,8-11,13-14H2,1H3/t19-,23+/m0/s1. The second-order valence-electron chi connectivity index (χ2n) is 7.57. The van der Waals surface area contributed by atoms with Gasteiger partial charge in [0.05, 0.1) is 26.4 Å². The van der Waals surface area contributed by atoms with Crippen molar-refractivity contribution in [2.75, 3.05) is 33.4 Å². The molecule has 6 nitrogen and oxygen atoms in total. The van der Waals surface area contributed by atoms with E-state index in [4.69, 9.17) is 14.2 Å². The van der Waals surface area contributed by atoms with Gasteiger partial charge in [0.15, 0.2) is 11.5 Å². The van der Waals surface area contributed by atoms with Gasteiger partial charge in [0.1, 0.15) is 17.8 Å². The third-order valence-corrected chi connectivity index (χ3v) is 5.74. The number of amides is 1. The maximum Gasteiger partial charge on any atom is 0.243 e. The average molecular weight is 410 g/mol. The van der Waals surface area contributed by atoms with Crippen molar-refractivity contribution < 1.29 is 23.4 Å². The van der Waals surface area contributed by atoms with E-state index in [1.165, 1.54) is 12.1 Å². The first-order valence-corrected chi connectivity index (χ1v) is 9.91. The molecule has 0 N–H and O–H groups in total. The predicted molar refractivity (Wildman–Crippen MR) is 107 cm³/mol. The van der Waals surface area contributed by atoms with Gasteiger partial charge in [-0.1, -0.05) is 18.2 Å². The fraction of sp³-hybridized carbons (Fsp3) is 0.391. The molecule has 1 amide bonds. The fourth-order valence-electron chi connectivity index (χ4n) is 3.88. The van der Waals surface area contributed by atoms with Crippen LogP contribution in [0.1, 0.15) is 23.5 Å². The summed E-state index contributed by atoms with van der Waals surface area (Å²) in [6.45, 7) is 2.33. The van der Waals surface area contributed by atoms with E-state index in [9.17, 15) is 14.4 Å². The topological polar surface area (TPSA) is 71.8 Å². The quantitative estimate of drug-likeness (QED) is 0.731. The average Bonchev–Trinajstić information content (AvgIpc) is 3.55. The number of methoxy groups -OCH3 is 1. The first-order valence-electron chi connectivity index (χ1n) is 9.91. The van der Waals surface area contributed by atoms with Crippen LogP contribution in [-0.2, 0) is 16.1 Å². The Bertz CT molecular complexity index is 966. The second-order valence-corrected chi connectivity index (χ2v) is 7.57. The molecule has 0 radical (unpaired) electrons. The summed E-state index contributed by atoms with van der Waals surface area (Å²) in [6.07, 6.45) is 0.499. The number of rotatable bonds is 6. The highest BCUT2D eigenvalue weighted by atomic mass is 19.1. The minimum absolute atomic E-state index is 0.117. The second kappa shape index (κ2) is 8.33. The zero-order chi connectivity index (χ0) is 21.1. The third kappa shape index (κ3) is 3.83. The molecule has 0 spiro atoms. The van der Waals surface area contributed by atoms with Crippen LogP contribution in [0, 0.1) is 22.6 Å². The Hall–Kier alpha value is -3.11. The van der Waals surface area contributed by atoms with E-state index in [2.05, 4.69) is 6.07 Å². The van der Waals surface area contributed by atoms with Crippen LogP contribution >= 0.6 is 0 Å². The largest absolute Gasteiger partial charge is 0.493 e. The number of carbonyl (C=O) groups excluding carboxylic acids is 1. The summed E-state index contributed by atoms with van der Waals surface area (Å²) in [5, 5.41) is 9.79. The van der Waals surface area contributed by atoms with Crippen molar-refractivity contribution in [3.05, 3.63) is 59.4 Å². The van der Waals surface area contributed by atoms with Gasteiger partial charge >= 0.3 is 0 Å². The Morgan fingerprint density at radius 1 is 1.23 bits per heavy atom. The minimum atomic E-state index is -1.02. The number of benzene rings is 2. The van der Waals surface area contributed by atoms with E-state index in [1.807, 2.05) is 12.1 Å². The molecule has 1 saturated heterocycles. The molecule has 2 atom stereocenters. The van der Waals surface area contributed by atoms with Crippen molar-refractivity contribution in [1.82, 2.24) is 4.90 Å². The lowest BCUT2D eigenvalue weighted by atomic mass is 9.98. The molecular weight excluding hydrogens is 387 g/mol. The van der Waals surface area contributed by atoms with Gasteiger partial charge in [-0.2, -0.15) is 5.26 Å². The van der Waals surface area contributed by atoms with Gasteiger partial charge in [0.25, 0.3) is 0 Å². The van der Waals surface area contributed by atoms with Gasteiger partial charge in [-0.15, -0.1) is 0 Å². The van der Waals surface area contributed by atoms with Crippen molar-refractivity contribution in [2.24, 2.45) is 5.41 Å². The lowest BCUT2D eigenvalue weighted by Crippen LogP contribution is -2.44. The molecular formula is C23H23FN2O4. The summed E-state index contributed by atoms with van der Waals surface area (Å²) in [6, 6.07) is 13.9. The molecule has 30 heavy (non-hydrogen) atoms. The number of hydrogen-bond acceptors (Lipinski definition) is 5. The molecule has 1 aliphatic carbocycles. The maximum absolute atomic E-state index is 13.0.